The van der Waals surface area contributed by atoms with Crippen molar-refractivity contribution in [3.63, 3.8) is 0 Å². The predicted molar refractivity (Wildman–Crippen MR) is 77.6 cm³/mol. The van der Waals surface area contributed by atoms with Crippen LogP contribution in [0.3, 0.4) is 0 Å². The van der Waals surface area contributed by atoms with Gasteiger partial charge in [0.25, 0.3) is 0 Å². The molecule has 1 heteroatoms. The zero-order valence-corrected chi connectivity index (χ0v) is 13.1. The highest BCUT2D eigenvalue weighted by atomic mass is 19.1. The van der Waals surface area contributed by atoms with Gasteiger partial charge in [0.1, 0.15) is 5.82 Å². The van der Waals surface area contributed by atoms with Gasteiger partial charge < -0.3 is 0 Å². The monoisotopic (exact) mass is 250 g/mol. The first-order valence-electron chi connectivity index (χ1n) is 6.68. The van der Waals surface area contributed by atoms with Crippen molar-refractivity contribution < 1.29 is 4.39 Å². The second kappa shape index (κ2) is 4.36. The maximum absolute atomic E-state index is 14.8. The van der Waals surface area contributed by atoms with Crippen molar-refractivity contribution in [2.24, 2.45) is 5.41 Å². The molecule has 0 N–H and O–H groups in total. The molecule has 0 saturated heterocycles. The van der Waals surface area contributed by atoms with Gasteiger partial charge in [-0.3, -0.25) is 0 Å². The van der Waals surface area contributed by atoms with Crippen LogP contribution in [-0.4, -0.2) is 0 Å². The first kappa shape index (κ1) is 15.2. The lowest BCUT2D eigenvalue weighted by Gasteiger charge is -2.40. The summed E-state index contributed by atoms with van der Waals surface area (Å²) in [4.78, 5) is 0. The lowest BCUT2D eigenvalue weighted by atomic mass is 9.64. The van der Waals surface area contributed by atoms with Crippen molar-refractivity contribution in [3.05, 3.63) is 35.1 Å². The molecule has 0 aliphatic rings. The van der Waals surface area contributed by atoms with E-state index in [1.807, 2.05) is 18.2 Å². The van der Waals surface area contributed by atoms with E-state index < -0.39 is 0 Å². The molecule has 0 atom stereocenters. The highest BCUT2D eigenvalue weighted by molar-refractivity contribution is 5.36. The van der Waals surface area contributed by atoms with Crippen molar-refractivity contribution in [2.75, 3.05) is 0 Å². The van der Waals surface area contributed by atoms with E-state index in [9.17, 15) is 4.39 Å². The summed E-state index contributed by atoms with van der Waals surface area (Å²) in [5.74, 6) is -0.0371. The quantitative estimate of drug-likeness (QED) is 0.622. The molecule has 0 bridgehead atoms. The average Bonchev–Trinajstić information content (AvgIpc) is 2.13. The van der Waals surface area contributed by atoms with Gasteiger partial charge in [0.2, 0.25) is 0 Å². The minimum Gasteiger partial charge on any atom is -0.206 e. The molecule has 0 heterocycles. The molecule has 0 aromatic heterocycles. The minimum absolute atomic E-state index is 0.0182. The fourth-order valence-corrected chi connectivity index (χ4v) is 2.00. The van der Waals surface area contributed by atoms with Crippen LogP contribution in [0.25, 0.3) is 0 Å². The molecule has 0 fully saturated rings. The number of rotatable bonds is 1. The Balaban J connectivity index is 3.46. The van der Waals surface area contributed by atoms with Crippen molar-refractivity contribution in [1.82, 2.24) is 0 Å². The van der Waals surface area contributed by atoms with Crippen LogP contribution in [0.1, 0.15) is 66.5 Å². The van der Waals surface area contributed by atoms with Crippen LogP contribution < -0.4 is 0 Å². The van der Waals surface area contributed by atoms with Gasteiger partial charge in [-0.15, -0.1) is 0 Å². The van der Waals surface area contributed by atoms with Gasteiger partial charge in [0.05, 0.1) is 0 Å². The maximum atomic E-state index is 14.8. The maximum Gasteiger partial charge on any atom is 0.130 e. The molecule has 0 aliphatic heterocycles. The lowest BCUT2D eigenvalue weighted by molar-refractivity contribution is 0.218. The molecule has 1 aromatic rings. The molecule has 0 amide bonds. The Bertz CT molecular complexity index is 428. The van der Waals surface area contributed by atoms with Crippen LogP contribution in [-0.2, 0) is 10.8 Å². The lowest BCUT2D eigenvalue weighted by Crippen LogP contribution is -2.35. The van der Waals surface area contributed by atoms with Crippen LogP contribution in [0, 0.1) is 11.2 Å². The van der Waals surface area contributed by atoms with Gasteiger partial charge >= 0.3 is 0 Å². The first-order chi connectivity index (χ1) is 7.89. The van der Waals surface area contributed by atoms with E-state index in [2.05, 4.69) is 55.4 Å². The van der Waals surface area contributed by atoms with Crippen molar-refractivity contribution in [3.8, 4) is 0 Å². The largest absolute Gasteiger partial charge is 0.206 e. The van der Waals surface area contributed by atoms with Crippen LogP contribution in [0.5, 0.6) is 0 Å². The normalized spacial score (nSPS) is 13.8. The van der Waals surface area contributed by atoms with Crippen LogP contribution >= 0.6 is 0 Å². The van der Waals surface area contributed by atoms with Crippen molar-refractivity contribution in [1.29, 1.82) is 0 Å². The second-order valence-corrected chi connectivity index (χ2v) is 7.79. The number of halogens is 1. The standard InChI is InChI=1S/C17H27F/c1-15(2,3)12-10-9-11-13(14(12)18)17(7,8)16(4,5)6/h9-11H,1-8H3. The Kier molecular flexibility index (Phi) is 3.69. The Morgan fingerprint density at radius 2 is 1.22 bits per heavy atom. The Hall–Kier alpha value is -0.850. The highest BCUT2D eigenvalue weighted by Gasteiger charge is 2.37. The zero-order chi connectivity index (χ0) is 14.4. The number of hydrogen-bond acceptors (Lipinski definition) is 0. The second-order valence-electron chi connectivity index (χ2n) is 7.79. The van der Waals surface area contributed by atoms with E-state index in [1.54, 1.807) is 0 Å². The van der Waals surface area contributed by atoms with E-state index in [4.69, 9.17) is 0 Å². The molecule has 18 heavy (non-hydrogen) atoms. The van der Waals surface area contributed by atoms with E-state index in [0.717, 1.165) is 11.1 Å². The average molecular weight is 250 g/mol. The molecule has 0 nitrogen and oxygen atoms in total. The fourth-order valence-electron chi connectivity index (χ4n) is 2.00. The third kappa shape index (κ3) is 2.60. The first-order valence-corrected chi connectivity index (χ1v) is 6.68. The number of hydrogen-bond donors (Lipinski definition) is 0. The number of benzene rings is 1. The molecule has 0 unspecified atom stereocenters. The Labute approximate surface area is 112 Å². The Morgan fingerprint density at radius 1 is 0.778 bits per heavy atom. The van der Waals surface area contributed by atoms with Crippen LogP contribution in [0.4, 0.5) is 4.39 Å². The van der Waals surface area contributed by atoms with Gasteiger partial charge in [-0.25, -0.2) is 4.39 Å². The third-order valence-electron chi connectivity index (χ3n) is 4.36. The summed E-state index contributed by atoms with van der Waals surface area (Å²) in [5, 5.41) is 0. The Morgan fingerprint density at radius 3 is 1.61 bits per heavy atom. The van der Waals surface area contributed by atoms with E-state index in [1.165, 1.54) is 0 Å². The van der Waals surface area contributed by atoms with Crippen LogP contribution in [0.15, 0.2) is 18.2 Å². The molecule has 0 spiro atoms. The highest BCUT2D eigenvalue weighted by Crippen LogP contribution is 2.43. The smallest absolute Gasteiger partial charge is 0.130 e. The summed E-state index contributed by atoms with van der Waals surface area (Å²) < 4.78 is 14.8. The SMILES string of the molecule is CC(C)(C)c1cccc(C(C)(C)C(C)(C)C)c1F. The molecule has 1 aromatic carbocycles. The van der Waals surface area contributed by atoms with E-state index in [-0.39, 0.29) is 22.1 Å². The summed E-state index contributed by atoms with van der Waals surface area (Å²) in [6.45, 7) is 16.9. The fraction of sp³-hybridized carbons (Fsp3) is 0.647. The van der Waals surface area contributed by atoms with Crippen LogP contribution in [0.2, 0.25) is 0 Å². The molecule has 1 rings (SSSR count). The summed E-state index contributed by atoms with van der Waals surface area (Å²) in [7, 11) is 0. The molecular weight excluding hydrogens is 223 g/mol. The molecular formula is C17H27F. The predicted octanol–water partition coefficient (Wildman–Crippen LogP) is 5.45. The van der Waals surface area contributed by atoms with Crippen molar-refractivity contribution >= 4 is 0 Å². The van der Waals surface area contributed by atoms with E-state index >= 15 is 0 Å². The van der Waals surface area contributed by atoms with Gasteiger partial charge in [0.15, 0.2) is 0 Å². The van der Waals surface area contributed by atoms with Gasteiger partial charge in [-0.05, 0) is 27.4 Å². The summed E-state index contributed by atoms with van der Waals surface area (Å²) >= 11 is 0. The molecule has 0 aliphatic carbocycles. The third-order valence-corrected chi connectivity index (χ3v) is 4.36. The zero-order valence-electron chi connectivity index (χ0n) is 13.1. The molecule has 0 saturated carbocycles. The van der Waals surface area contributed by atoms with Gasteiger partial charge in [-0.2, -0.15) is 0 Å². The van der Waals surface area contributed by atoms with Crippen molar-refractivity contribution in [2.45, 2.75) is 66.2 Å². The minimum atomic E-state index is -0.196. The summed E-state index contributed by atoms with van der Waals surface area (Å²) in [6, 6.07) is 5.81. The summed E-state index contributed by atoms with van der Waals surface area (Å²) in [6.07, 6.45) is 0. The topological polar surface area (TPSA) is 0 Å². The summed E-state index contributed by atoms with van der Waals surface area (Å²) in [5.41, 5.74) is 1.29. The van der Waals surface area contributed by atoms with Gasteiger partial charge in [-0.1, -0.05) is 73.6 Å². The molecule has 0 radical (unpaired) electrons. The molecule has 102 valence electrons. The van der Waals surface area contributed by atoms with Gasteiger partial charge in [0, 0.05) is 0 Å². The van der Waals surface area contributed by atoms with E-state index in [0.29, 0.717) is 0 Å².